The fraction of sp³-hybridized carbons (Fsp3) is 0.708. The zero-order valence-electron chi connectivity index (χ0n) is 38.5. The number of esters is 2. The van der Waals surface area contributed by atoms with Crippen LogP contribution >= 0.6 is 7.82 Å². The summed E-state index contributed by atoms with van der Waals surface area (Å²) < 4.78 is 40.0. The molecule has 3 atom stereocenters. The molecule has 1 aromatic heterocycles. The maximum absolute atomic E-state index is 12.7. The van der Waals surface area contributed by atoms with Crippen LogP contribution in [0, 0.1) is 13.8 Å². The first kappa shape index (κ1) is 55.2. The molecule has 0 saturated heterocycles. The molecule has 1 heterocycles. The average Bonchev–Trinajstić information content (AvgIpc) is 3.45. The number of furan rings is 1. The number of aryl methyl sites for hydroxylation is 2. The molecule has 1 aromatic rings. The smallest absolute Gasteiger partial charge is 0.306 e. The number of quaternary nitrogens is 1. The van der Waals surface area contributed by atoms with Crippen molar-refractivity contribution < 1.29 is 51.6 Å². The van der Waals surface area contributed by atoms with Crippen molar-refractivity contribution in [2.24, 2.45) is 0 Å². The van der Waals surface area contributed by atoms with Crippen molar-refractivity contribution >= 4 is 19.8 Å². The number of nitrogens with zero attached hydrogens (tertiary/aromatic N) is 1. The quantitative estimate of drug-likeness (QED) is 0.0226. The van der Waals surface area contributed by atoms with E-state index in [4.69, 9.17) is 22.9 Å². The first-order chi connectivity index (χ1) is 28.7. The Bertz CT molecular complexity index is 1460. The minimum atomic E-state index is -4.66. The lowest BCUT2D eigenvalue weighted by Gasteiger charge is -2.28. The van der Waals surface area contributed by atoms with Crippen LogP contribution in [0.1, 0.15) is 158 Å². The van der Waals surface area contributed by atoms with E-state index in [0.29, 0.717) is 36.7 Å². The number of carbonyl (C=O) groups is 2. The van der Waals surface area contributed by atoms with Crippen molar-refractivity contribution in [3.8, 4) is 0 Å². The number of phosphoric acid groups is 1. The van der Waals surface area contributed by atoms with E-state index < -0.39 is 32.5 Å². The molecular weight excluding hydrogens is 781 g/mol. The van der Waals surface area contributed by atoms with Crippen molar-refractivity contribution in [2.75, 3.05) is 47.5 Å². The largest absolute Gasteiger partial charge is 0.756 e. The standard InChI is InChI=1S/C48H82NO10P/c1-8-31-43(50)33-27-23-19-15-13-11-10-12-14-16-22-26-30-36-48(52)58-44(40-57-60(53,54)56-38-37-49(5,6)7)39-55-47(51)35-29-25-21-18-17-20-24-28-34-46-42(4)41(3)45(59-46)32-9-2/h10,12-13,15-16,22-23,27,43-44,50H,8-9,11,14,17-21,24-26,28-40H2,1-7H3/b12-10-,15-13-,22-16-,27-23-/t43?,44-/m1/s1. The third-order valence-electron chi connectivity index (χ3n) is 10.1. The van der Waals surface area contributed by atoms with Crippen LogP contribution < -0.4 is 4.89 Å². The third-order valence-corrected chi connectivity index (χ3v) is 11.0. The van der Waals surface area contributed by atoms with Gasteiger partial charge in [0.2, 0.25) is 0 Å². The maximum atomic E-state index is 12.7. The Balaban J connectivity index is 2.38. The number of ether oxygens (including phenoxy) is 2. The second-order valence-electron chi connectivity index (χ2n) is 16.8. The van der Waals surface area contributed by atoms with E-state index in [1.165, 1.54) is 24.0 Å². The Hall–Kier alpha value is -2.79. The molecule has 0 aromatic carbocycles. The number of allylic oxidation sites excluding steroid dienone is 7. The molecule has 60 heavy (non-hydrogen) atoms. The summed E-state index contributed by atoms with van der Waals surface area (Å²) in [7, 11) is 1.08. The van der Waals surface area contributed by atoms with Crippen LogP contribution in [0.15, 0.2) is 53.0 Å². The van der Waals surface area contributed by atoms with Gasteiger partial charge in [0.15, 0.2) is 6.10 Å². The molecule has 0 aliphatic heterocycles. The molecule has 1 rings (SSSR count). The van der Waals surface area contributed by atoms with Gasteiger partial charge in [-0.15, -0.1) is 0 Å². The number of rotatable bonds is 37. The van der Waals surface area contributed by atoms with Crippen molar-refractivity contribution in [3.05, 3.63) is 71.3 Å². The summed E-state index contributed by atoms with van der Waals surface area (Å²) in [4.78, 5) is 37.6. The molecule has 344 valence electrons. The van der Waals surface area contributed by atoms with Crippen LogP contribution in [-0.4, -0.2) is 81.2 Å². The van der Waals surface area contributed by atoms with Crippen LogP contribution in [0.3, 0.4) is 0 Å². The summed E-state index contributed by atoms with van der Waals surface area (Å²) in [6.07, 6.45) is 33.4. The van der Waals surface area contributed by atoms with Gasteiger partial charge in [-0.3, -0.25) is 14.2 Å². The van der Waals surface area contributed by atoms with Gasteiger partial charge < -0.3 is 37.4 Å². The molecule has 0 fully saturated rings. The van der Waals surface area contributed by atoms with Crippen LogP contribution in [0.2, 0.25) is 0 Å². The van der Waals surface area contributed by atoms with Gasteiger partial charge in [-0.2, -0.15) is 0 Å². The predicted octanol–water partition coefficient (Wildman–Crippen LogP) is 10.7. The van der Waals surface area contributed by atoms with Gasteiger partial charge in [0, 0.05) is 25.7 Å². The summed E-state index contributed by atoms with van der Waals surface area (Å²) in [5, 5.41) is 9.74. The molecule has 0 saturated carbocycles. The zero-order valence-corrected chi connectivity index (χ0v) is 39.4. The van der Waals surface area contributed by atoms with Gasteiger partial charge in [-0.25, -0.2) is 0 Å². The Morgan fingerprint density at radius 2 is 1.27 bits per heavy atom. The highest BCUT2D eigenvalue weighted by molar-refractivity contribution is 7.45. The topological polar surface area (TPSA) is 145 Å². The van der Waals surface area contributed by atoms with E-state index in [-0.39, 0.29) is 32.2 Å². The molecule has 11 nitrogen and oxygen atoms in total. The Morgan fingerprint density at radius 3 is 1.87 bits per heavy atom. The van der Waals surface area contributed by atoms with E-state index in [0.717, 1.165) is 95.0 Å². The lowest BCUT2D eigenvalue weighted by Crippen LogP contribution is -2.37. The molecule has 0 aliphatic carbocycles. The number of hydrogen-bond acceptors (Lipinski definition) is 10. The summed E-state index contributed by atoms with van der Waals surface area (Å²) in [5.41, 5.74) is 2.62. The first-order valence-corrected chi connectivity index (χ1v) is 24.2. The number of likely N-dealkylation sites (N-methyl/N-ethyl adjacent to an activating group) is 1. The number of unbranched alkanes of at least 4 members (excludes halogenated alkanes) is 8. The van der Waals surface area contributed by atoms with E-state index in [9.17, 15) is 24.2 Å². The van der Waals surface area contributed by atoms with Crippen molar-refractivity contribution in [2.45, 2.75) is 175 Å². The molecule has 0 amide bonds. The van der Waals surface area contributed by atoms with Crippen molar-refractivity contribution in [1.82, 2.24) is 0 Å². The van der Waals surface area contributed by atoms with Crippen molar-refractivity contribution in [1.29, 1.82) is 0 Å². The monoisotopic (exact) mass is 864 g/mol. The number of carbonyl (C=O) groups excluding carboxylic acids is 2. The third kappa shape index (κ3) is 30.3. The second kappa shape index (κ2) is 33.8. The van der Waals surface area contributed by atoms with E-state index >= 15 is 0 Å². The van der Waals surface area contributed by atoms with Crippen LogP contribution in [0.25, 0.3) is 0 Å². The molecule has 12 heteroatoms. The molecule has 0 spiro atoms. The second-order valence-corrected chi connectivity index (χ2v) is 18.2. The number of aliphatic hydroxyl groups excluding tert-OH is 1. The maximum Gasteiger partial charge on any atom is 0.306 e. The number of hydrogen-bond donors (Lipinski definition) is 1. The number of aliphatic hydroxyl groups is 1. The first-order valence-electron chi connectivity index (χ1n) is 22.8. The Labute approximate surface area is 363 Å². The summed E-state index contributed by atoms with van der Waals surface area (Å²) in [6, 6.07) is 0. The van der Waals surface area contributed by atoms with Gasteiger partial charge in [0.1, 0.15) is 31.3 Å². The molecule has 0 aliphatic rings. The molecule has 2 unspecified atom stereocenters. The number of phosphoric ester groups is 1. The molecular formula is C48H82NO10P. The van der Waals surface area contributed by atoms with Gasteiger partial charge in [-0.1, -0.05) is 107 Å². The normalized spacial score (nSPS) is 14.5. The lowest BCUT2D eigenvalue weighted by atomic mass is 10.0. The summed E-state index contributed by atoms with van der Waals surface area (Å²) in [5.74, 6) is 1.34. The van der Waals surface area contributed by atoms with Crippen LogP contribution in [0.4, 0.5) is 0 Å². The van der Waals surface area contributed by atoms with Gasteiger partial charge in [0.05, 0.1) is 33.9 Å². The fourth-order valence-electron chi connectivity index (χ4n) is 6.30. The fourth-order valence-corrected chi connectivity index (χ4v) is 7.03. The summed E-state index contributed by atoms with van der Waals surface area (Å²) >= 11 is 0. The average molecular weight is 864 g/mol. The predicted molar refractivity (Wildman–Crippen MR) is 240 cm³/mol. The van der Waals surface area contributed by atoms with Crippen LogP contribution in [-0.2, 0) is 45.5 Å². The minimum absolute atomic E-state index is 0.0562. The zero-order chi connectivity index (χ0) is 44.5. The summed E-state index contributed by atoms with van der Waals surface area (Å²) in [6.45, 7) is 8.16. The van der Waals surface area contributed by atoms with E-state index in [2.05, 4.69) is 58.1 Å². The van der Waals surface area contributed by atoms with E-state index in [1.807, 2.05) is 39.4 Å². The van der Waals surface area contributed by atoms with Crippen molar-refractivity contribution in [3.63, 3.8) is 0 Å². The minimum Gasteiger partial charge on any atom is -0.756 e. The highest BCUT2D eigenvalue weighted by atomic mass is 31.2. The molecule has 0 bridgehead atoms. The SMILES string of the molecule is CCCc1oc(CCCCCCCCCCC(=O)OC[C@H](COP(=O)([O-])OCC[N+](C)(C)C)OC(=O)CCC/C=C\C/C=C\C/C=C\C/C=C\CC(O)CCC)c(C)c1C. The van der Waals surface area contributed by atoms with Gasteiger partial charge in [0.25, 0.3) is 7.82 Å². The lowest BCUT2D eigenvalue weighted by molar-refractivity contribution is -0.870. The van der Waals surface area contributed by atoms with E-state index in [1.54, 1.807) is 0 Å². The highest BCUT2D eigenvalue weighted by Crippen LogP contribution is 2.38. The van der Waals surface area contributed by atoms with Gasteiger partial charge >= 0.3 is 11.9 Å². The Morgan fingerprint density at radius 1 is 0.717 bits per heavy atom. The highest BCUT2D eigenvalue weighted by Gasteiger charge is 2.22. The Kier molecular flexibility index (Phi) is 31.1. The molecule has 0 radical (unpaired) electrons. The molecule has 1 N–H and O–H groups in total. The van der Waals surface area contributed by atoms with Gasteiger partial charge in [-0.05, 0) is 89.2 Å². The van der Waals surface area contributed by atoms with Crippen LogP contribution in [0.5, 0.6) is 0 Å².